The van der Waals surface area contributed by atoms with Crippen molar-refractivity contribution < 1.29 is 0 Å². The van der Waals surface area contributed by atoms with Gasteiger partial charge in [0.05, 0.1) is 12.0 Å². The summed E-state index contributed by atoms with van der Waals surface area (Å²) in [4.78, 5) is 4.52. The van der Waals surface area contributed by atoms with E-state index in [1.165, 1.54) is 30.7 Å². The minimum Gasteiger partial charge on any atom is -0.331 e. The van der Waals surface area contributed by atoms with E-state index in [4.69, 9.17) is 5.73 Å². The molecular formula is C12H20N4. The molecule has 0 spiro atoms. The van der Waals surface area contributed by atoms with Crippen molar-refractivity contribution in [3.63, 3.8) is 0 Å². The molecule has 2 atom stereocenters. The standard InChI is InChI=1S/C12H20N4/c13-9-2-1-3-10(6-9)16-8-15-11-7-14-5-4-12(11)16/h8-10,14H,1-7,13H2. The van der Waals surface area contributed by atoms with Gasteiger partial charge in [-0.1, -0.05) is 0 Å². The zero-order valence-electron chi connectivity index (χ0n) is 9.65. The molecule has 16 heavy (non-hydrogen) atoms. The summed E-state index contributed by atoms with van der Waals surface area (Å²) in [5.74, 6) is 0. The molecule has 1 aliphatic heterocycles. The van der Waals surface area contributed by atoms with Crippen LogP contribution in [0.15, 0.2) is 6.33 Å². The Balaban J connectivity index is 1.85. The van der Waals surface area contributed by atoms with E-state index in [2.05, 4.69) is 14.9 Å². The van der Waals surface area contributed by atoms with Crippen molar-refractivity contribution in [3.05, 3.63) is 17.7 Å². The summed E-state index contributed by atoms with van der Waals surface area (Å²) in [6.07, 6.45) is 7.98. The number of nitrogens with two attached hydrogens (primary N) is 1. The second-order valence-electron chi connectivity index (χ2n) is 5.05. The van der Waals surface area contributed by atoms with Gasteiger partial charge in [0.1, 0.15) is 0 Å². The summed E-state index contributed by atoms with van der Waals surface area (Å²) in [5, 5.41) is 3.37. The highest BCUT2D eigenvalue weighted by Gasteiger charge is 2.24. The maximum absolute atomic E-state index is 6.06. The van der Waals surface area contributed by atoms with E-state index in [1.54, 1.807) is 0 Å². The van der Waals surface area contributed by atoms with Crippen molar-refractivity contribution >= 4 is 0 Å². The van der Waals surface area contributed by atoms with E-state index in [-0.39, 0.29) is 0 Å². The van der Waals surface area contributed by atoms with Gasteiger partial charge in [-0.15, -0.1) is 0 Å². The highest BCUT2D eigenvalue weighted by atomic mass is 15.1. The highest BCUT2D eigenvalue weighted by molar-refractivity contribution is 5.17. The van der Waals surface area contributed by atoms with E-state index >= 15 is 0 Å². The molecule has 2 aliphatic rings. The Hall–Kier alpha value is -0.870. The third-order valence-corrected chi connectivity index (χ3v) is 3.89. The number of nitrogens with zero attached hydrogens (tertiary/aromatic N) is 2. The van der Waals surface area contributed by atoms with Gasteiger partial charge in [-0.2, -0.15) is 0 Å². The van der Waals surface area contributed by atoms with E-state index in [0.717, 1.165) is 25.9 Å². The smallest absolute Gasteiger partial charge is 0.0954 e. The Morgan fingerprint density at radius 2 is 2.38 bits per heavy atom. The second kappa shape index (κ2) is 4.18. The molecule has 0 radical (unpaired) electrons. The Morgan fingerprint density at radius 1 is 1.44 bits per heavy atom. The molecule has 4 nitrogen and oxygen atoms in total. The lowest BCUT2D eigenvalue weighted by molar-refractivity contribution is 0.313. The second-order valence-corrected chi connectivity index (χ2v) is 5.05. The first kappa shape index (κ1) is 10.3. The molecule has 0 saturated heterocycles. The molecule has 3 N–H and O–H groups in total. The highest BCUT2D eigenvalue weighted by Crippen LogP contribution is 2.30. The molecule has 1 aliphatic carbocycles. The maximum Gasteiger partial charge on any atom is 0.0954 e. The number of hydrogen-bond donors (Lipinski definition) is 2. The maximum atomic E-state index is 6.06. The molecule has 1 aromatic heterocycles. The van der Waals surface area contributed by atoms with Crippen LogP contribution in [0.1, 0.15) is 43.1 Å². The Labute approximate surface area is 96.2 Å². The Morgan fingerprint density at radius 3 is 3.25 bits per heavy atom. The lowest BCUT2D eigenvalue weighted by Crippen LogP contribution is -2.31. The van der Waals surface area contributed by atoms with Gasteiger partial charge >= 0.3 is 0 Å². The van der Waals surface area contributed by atoms with Gasteiger partial charge in [0.25, 0.3) is 0 Å². The van der Waals surface area contributed by atoms with Crippen LogP contribution < -0.4 is 11.1 Å². The number of aromatic nitrogens is 2. The minimum absolute atomic E-state index is 0.388. The van der Waals surface area contributed by atoms with Gasteiger partial charge in [-0.3, -0.25) is 0 Å². The third kappa shape index (κ3) is 1.76. The van der Waals surface area contributed by atoms with Crippen molar-refractivity contribution in [1.82, 2.24) is 14.9 Å². The summed E-state index contributed by atoms with van der Waals surface area (Å²) >= 11 is 0. The van der Waals surface area contributed by atoms with E-state index < -0.39 is 0 Å². The predicted octanol–water partition coefficient (Wildman–Crippen LogP) is 0.971. The van der Waals surface area contributed by atoms with E-state index in [0.29, 0.717) is 12.1 Å². The van der Waals surface area contributed by atoms with E-state index in [9.17, 15) is 0 Å². The molecular weight excluding hydrogens is 200 g/mol. The molecule has 0 aromatic carbocycles. The van der Waals surface area contributed by atoms with Gasteiger partial charge < -0.3 is 15.6 Å². The van der Waals surface area contributed by atoms with Crippen LogP contribution in [0.2, 0.25) is 0 Å². The topological polar surface area (TPSA) is 55.9 Å². The number of imidazole rings is 1. The fraction of sp³-hybridized carbons (Fsp3) is 0.750. The number of hydrogen-bond acceptors (Lipinski definition) is 3. The monoisotopic (exact) mass is 220 g/mol. The fourth-order valence-electron chi connectivity index (χ4n) is 3.03. The lowest BCUT2D eigenvalue weighted by Gasteiger charge is -2.29. The first-order valence-corrected chi connectivity index (χ1v) is 6.35. The molecule has 1 fully saturated rings. The SMILES string of the molecule is NC1CCCC(n2cnc3c2CCNC3)C1. The van der Waals surface area contributed by atoms with Gasteiger partial charge in [0.15, 0.2) is 0 Å². The molecule has 88 valence electrons. The zero-order valence-corrected chi connectivity index (χ0v) is 9.65. The van der Waals surface area contributed by atoms with Crippen molar-refractivity contribution in [2.24, 2.45) is 5.73 Å². The normalized spacial score (nSPS) is 30.1. The Kier molecular flexibility index (Phi) is 2.69. The van der Waals surface area contributed by atoms with Crippen LogP contribution in [0, 0.1) is 0 Å². The largest absolute Gasteiger partial charge is 0.331 e. The van der Waals surface area contributed by atoms with Gasteiger partial charge in [0, 0.05) is 37.3 Å². The van der Waals surface area contributed by atoms with Crippen molar-refractivity contribution in [2.75, 3.05) is 6.54 Å². The quantitative estimate of drug-likeness (QED) is 0.741. The minimum atomic E-state index is 0.388. The van der Waals surface area contributed by atoms with Crippen LogP contribution in [0.5, 0.6) is 0 Å². The van der Waals surface area contributed by atoms with Crippen molar-refractivity contribution in [3.8, 4) is 0 Å². The average Bonchev–Trinajstić information content (AvgIpc) is 2.72. The van der Waals surface area contributed by atoms with Crippen LogP contribution in [0.3, 0.4) is 0 Å². The van der Waals surface area contributed by atoms with Gasteiger partial charge in [-0.25, -0.2) is 4.98 Å². The van der Waals surface area contributed by atoms with Gasteiger partial charge in [-0.05, 0) is 25.7 Å². The van der Waals surface area contributed by atoms with Crippen LogP contribution in [0.25, 0.3) is 0 Å². The molecule has 4 heteroatoms. The average molecular weight is 220 g/mol. The molecule has 3 rings (SSSR count). The van der Waals surface area contributed by atoms with Gasteiger partial charge in [0.2, 0.25) is 0 Å². The van der Waals surface area contributed by atoms with Crippen molar-refractivity contribution in [2.45, 2.75) is 50.7 Å². The van der Waals surface area contributed by atoms with Crippen LogP contribution >= 0.6 is 0 Å². The number of nitrogens with one attached hydrogen (secondary N) is 1. The lowest BCUT2D eigenvalue weighted by atomic mass is 9.91. The summed E-state index contributed by atoms with van der Waals surface area (Å²) in [7, 11) is 0. The molecule has 2 unspecified atom stereocenters. The molecule has 0 bridgehead atoms. The number of fused-ring (bicyclic) bond motifs is 1. The fourth-order valence-corrected chi connectivity index (χ4v) is 3.03. The molecule has 1 saturated carbocycles. The third-order valence-electron chi connectivity index (χ3n) is 3.89. The molecule has 1 aromatic rings. The predicted molar refractivity (Wildman–Crippen MR) is 63.1 cm³/mol. The first-order chi connectivity index (χ1) is 7.84. The Bertz CT molecular complexity index is 371. The van der Waals surface area contributed by atoms with Crippen LogP contribution in [0.4, 0.5) is 0 Å². The summed E-state index contributed by atoms with van der Waals surface area (Å²) in [6, 6.07) is 0.983. The van der Waals surface area contributed by atoms with Crippen LogP contribution in [-0.4, -0.2) is 22.1 Å². The summed E-state index contributed by atoms with van der Waals surface area (Å²) in [6.45, 7) is 2.01. The molecule has 0 amide bonds. The summed E-state index contributed by atoms with van der Waals surface area (Å²) in [5.41, 5.74) is 8.74. The zero-order chi connectivity index (χ0) is 11.0. The van der Waals surface area contributed by atoms with Crippen molar-refractivity contribution in [1.29, 1.82) is 0 Å². The van der Waals surface area contributed by atoms with E-state index in [1.807, 2.05) is 6.33 Å². The van der Waals surface area contributed by atoms with Crippen LogP contribution in [-0.2, 0) is 13.0 Å². The molecule has 2 heterocycles. The first-order valence-electron chi connectivity index (χ1n) is 6.35. The number of rotatable bonds is 1. The summed E-state index contributed by atoms with van der Waals surface area (Å²) < 4.78 is 2.40.